The Morgan fingerprint density at radius 1 is 0.975 bits per heavy atom. The molecule has 40 heavy (non-hydrogen) atoms. The number of methoxy groups -OCH3 is 2. The molecule has 2 heterocycles. The van der Waals surface area contributed by atoms with Gasteiger partial charge >= 0.3 is 0 Å². The summed E-state index contributed by atoms with van der Waals surface area (Å²) in [6, 6.07) is 15.4. The number of nitrogens with one attached hydrogen (secondary N) is 2. The number of benzene rings is 3. The first kappa shape index (κ1) is 27.6. The second-order valence-corrected chi connectivity index (χ2v) is 10.1. The molecule has 1 aliphatic heterocycles. The number of carbonyl (C=O) groups excluding carboxylic acids is 1. The molecule has 0 unspecified atom stereocenters. The number of aromatic nitrogens is 3. The largest absolute Gasteiger partial charge is 0.495 e. The monoisotopic (exact) mass is 599 g/mol. The summed E-state index contributed by atoms with van der Waals surface area (Å²) in [5.74, 6) is 1.59. The highest BCUT2D eigenvalue weighted by Crippen LogP contribution is 2.39. The highest BCUT2D eigenvalue weighted by molar-refractivity contribution is 6.42. The number of ether oxygens (including phenoxy) is 3. The number of amides is 1. The van der Waals surface area contributed by atoms with E-state index >= 15 is 0 Å². The lowest BCUT2D eigenvalue weighted by atomic mass is 9.95. The van der Waals surface area contributed by atoms with Gasteiger partial charge in [0.25, 0.3) is 5.91 Å². The fourth-order valence-corrected chi connectivity index (χ4v) is 4.93. The first-order valence-electron chi connectivity index (χ1n) is 12.1. The van der Waals surface area contributed by atoms with Gasteiger partial charge in [-0.25, -0.2) is 4.68 Å². The highest BCUT2D eigenvalue weighted by Gasteiger charge is 2.34. The van der Waals surface area contributed by atoms with Crippen LogP contribution in [0.4, 0.5) is 11.6 Å². The molecule has 0 saturated carbocycles. The molecule has 3 aromatic carbocycles. The van der Waals surface area contributed by atoms with Crippen LogP contribution in [0.5, 0.6) is 17.2 Å². The van der Waals surface area contributed by atoms with E-state index in [0.717, 1.165) is 11.1 Å². The van der Waals surface area contributed by atoms with Gasteiger partial charge in [-0.05, 0) is 42.3 Å². The van der Waals surface area contributed by atoms with Gasteiger partial charge in [0.05, 0.1) is 40.5 Å². The molecule has 2 N–H and O–H groups in total. The first-order valence-corrected chi connectivity index (χ1v) is 13.2. The van der Waals surface area contributed by atoms with E-state index in [9.17, 15) is 4.79 Å². The molecule has 206 valence electrons. The fraction of sp³-hybridized carbons (Fsp3) is 0.179. The Morgan fingerprint density at radius 2 is 1.73 bits per heavy atom. The summed E-state index contributed by atoms with van der Waals surface area (Å²) in [4.78, 5) is 18.1. The minimum Gasteiger partial charge on any atom is -0.495 e. The van der Waals surface area contributed by atoms with E-state index in [1.54, 1.807) is 28.9 Å². The van der Waals surface area contributed by atoms with Crippen molar-refractivity contribution in [3.63, 3.8) is 0 Å². The topological polar surface area (TPSA) is 99.5 Å². The van der Waals surface area contributed by atoms with Crippen LogP contribution in [0.25, 0.3) is 0 Å². The minimum atomic E-state index is -0.567. The van der Waals surface area contributed by atoms with E-state index in [-0.39, 0.29) is 5.91 Å². The summed E-state index contributed by atoms with van der Waals surface area (Å²) in [5.41, 5.74) is 3.17. The van der Waals surface area contributed by atoms with Crippen molar-refractivity contribution >= 4 is 52.3 Å². The van der Waals surface area contributed by atoms with Gasteiger partial charge in [-0.3, -0.25) is 4.79 Å². The number of hydrogen-bond donors (Lipinski definition) is 2. The second-order valence-electron chi connectivity index (χ2n) is 8.84. The van der Waals surface area contributed by atoms with Gasteiger partial charge in [0, 0.05) is 17.8 Å². The molecule has 1 aliphatic rings. The van der Waals surface area contributed by atoms with E-state index in [1.807, 2.05) is 37.3 Å². The van der Waals surface area contributed by atoms with Crippen LogP contribution in [0.1, 0.15) is 24.1 Å². The van der Waals surface area contributed by atoms with Crippen molar-refractivity contribution in [1.82, 2.24) is 14.8 Å². The van der Waals surface area contributed by atoms with E-state index in [0.29, 0.717) is 61.8 Å². The molecule has 0 bridgehead atoms. The molecule has 0 saturated heterocycles. The highest BCUT2D eigenvalue weighted by atomic mass is 35.5. The van der Waals surface area contributed by atoms with Crippen LogP contribution in [0.2, 0.25) is 15.1 Å². The molecule has 0 spiro atoms. The average molecular weight is 601 g/mol. The number of anilines is 2. The maximum atomic E-state index is 13.8. The summed E-state index contributed by atoms with van der Waals surface area (Å²) >= 11 is 18.4. The van der Waals surface area contributed by atoms with Crippen molar-refractivity contribution in [2.24, 2.45) is 0 Å². The van der Waals surface area contributed by atoms with Crippen LogP contribution in [-0.4, -0.2) is 34.9 Å². The Labute approximate surface area is 245 Å². The molecular weight excluding hydrogens is 577 g/mol. The van der Waals surface area contributed by atoms with E-state index in [1.165, 1.54) is 20.5 Å². The summed E-state index contributed by atoms with van der Waals surface area (Å²) in [6.45, 7) is 2.13. The SMILES string of the molecule is COc1cc(NC(=O)C2=C(C)Nc3ncnn3[C@@H]2c2ccc(OCc3ccc(Cl)c(Cl)c3)cc2)c(OC)cc1Cl. The normalized spacial score (nSPS) is 14.3. The molecule has 1 atom stereocenters. The lowest BCUT2D eigenvalue weighted by molar-refractivity contribution is -0.113. The summed E-state index contributed by atoms with van der Waals surface area (Å²) in [5, 5.41) is 11.8. The molecule has 12 heteroatoms. The average Bonchev–Trinajstić information content (AvgIpc) is 3.42. The zero-order chi connectivity index (χ0) is 28.4. The molecule has 0 fully saturated rings. The van der Waals surface area contributed by atoms with Gasteiger partial charge in [0.15, 0.2) is 0 Å². The van der Waals surface area contributed by atoms with Crippen molar-refractivity contribution in [2.75, 3.05) is 24.9 Å². The van der Waals surface area contributed by atoms with Crippen molar-refractivity contribution in [3.8, 4) is 17.2 Å². The Hall–Kier alpha value is -3.92. The number of rotatable bonds is 8. The van der Waals surface area contributed by atoms with E-state index < -0.39 is 6.04 Å². The Balaban J connectivity index is 1.42. The smallest absolute Gasteiger partial charge is 0.255 e. The van der Waals surface area contributed by atoms with Crippen LogP contribution in [-0.2, 0) is 11.4 Å². The Bertz CT molecular complexity index is 1600. The third-order valence-electron chi connectivity index (χ3n) is 6.35. The number of nitrogens with zero attached hydrogens (tertiary/aromatic N) is 3. The Morgan fingerprint density at radius 3 is 2.42 bits per heavy atom. The molecule has 1 aromatic heterocycles. The van der Waals surface area contributed by atoms with Crippen LogP contribution >= 0.6 is 34.8 Å². The molecule has 1 amide bonds. The van der Waals surface area contributed by atoms with Crippen LogP contribution in [0, 0.1) is 0 Å². The van der Waals surface area contributed by atoms with Gasteiger partial charge in [0.1, 0.15) is 36.2 Å². The number of halogens is 3. The van der Waals surface area contributed by atoms with Crippen molar-refractivity contribution < 1.29 is 19.0 Å². The van der Waals surface area contributed by atoms with Crippen molar-refractivity contribution in [1.29, 1.82) is 0 Å². The summed E-state index contributed by atoms with van der Waals surface area (Å²) < 4.78 is 18.4. The predicted molar refractivity (Wildman–Crippen MR) is 155 cm³/mol. The third kappa shape index (κ3) is 5.54. The van der Waals surface area contributed by atoms with E-state index in [4.69, 9.17) is 49.0 Å². The maximum Gasteiger partial charge on any atom is 0.255 e. The van der Waals surface area contributed by atoms with Crippen molar-refractivity contribution in [3.05, 3.63) is 98.4 Å². The standard InChI is InChI=1S/C28H24Cl3N5O4/c1-15-25(27(37)35-22-12-23(38-2)21(31)11-24(22)39-3)26(36-28(34-15)32-14-33-36)17-5-7-18(8-6-17)40-13-16-4-9-19(29)20(30)10-16/h4-12,14,26H,13H2,1-3H3,(H,35,37)(H,32,33,34)/t26-/m1/s1. The second kappa shape index (κ2) is 11.7. The molecule has 4 aromatic rings. The zero-order valence-electron chi connectivity index (χ0n) is 21.7. The van der Waals surface area contributed by atoms with Crippen molar-refractivity contribution in [2.45, 2.75) is 19.6 Å². The Kier molecular flexibility index (Phi) is 8.07. The van der Waals surface area contributed by atoms with Gasteiger partial charge in [-0.15, -0.1) is 0 Å². The number of carbonyl (C=O) groups is 1. The third-order valence-corrected chi connectivity index (χ3v) is 7.38. The first-order chi connectivity index (χ1) is 19.3. The lowest BCUT2D eigenvalue weighted by Crippen LogP contribution is -2.31. The minimum absolute atomic E-state index is 0.315. The number of fused-ring (bicyclic) bond motifs is 1. The fourth-order valence-electron chi connectivity index (χ4n) is 4.38. The zero-order valence-corrected chi connectivity index (χ0v) is 23.9. The molecule has 9 nitrogen and oxygen atoms in total. The summed E-state index contributed by atoms with van der Waals surface area (Å²) in [6.07, 6.45) is 1.44. The van der Waals surface area contributed by atoms with Gasteiger partial charge < -0.3 is 24.8 Å². The lowest BCUT2D eigenvalue weighted by Gasteiger charge is -2.29. The van der Waals surface area contributed by atoms with Crippen LogP contribution in [0.15, 0.2) is 72.2 Å². The van der Waals surface area contributed by atoms with Gasteiger partial charge in [-0.2, -0.15) is 10.1 Å². The molecule has 5 rings (SSSR count). The van der Waals surface area contributed by atoms with Gasteiger partial charge in [0.2, 0.25) is 5.95 Å². The van der Waals surface area contributed by atoms with Crippen LogP contribution < -0.4 is 24.8 Å². The quantitative estimate of drug-likeness (QED) is 0.230. The van der Waals surface area contributed by atoms with Crippen LogP contribution in [0.3, 0.4) is 0 Å². The maximum absolute atomic E-state index is 13.8. The molecular formula is C28H24Cl3N5O4. The predicted octanol–water partition coefficient (Wildman–Crippen LogP) is 6.76. The summed E-state index contributed by atoms with van der Waals surface area (Å²) in [7, 11) is 2.99. The number of hydrogen-bond acceptors (Lipinski definition) is 7. The number of allylic oxidation sites excluding steroid dienone is 1. The van der Waals surface area contributed by atoms with E-state index in [2.05, 4.69) is 20.7 Å². The van der Waals surface area contributed by atoms with Gasteiger partial charge in [-0.1, -0.05) is 53.0 Å². The molecule has 0 radical (unpaired) electrons. The molecule has 0 aliphatic carbocycles.